The second kappa shape index (κ2) is 9.67. The molecule has 6 heteroatoms. The van der Waals surface area contributed by atoms with Gasteiger partial charge in [0.2, 0.25) is 11.8 Å². The molecule has 0 atom stereocenters. The highest BCUT2D eigenvalue weighted by atomic mass is 16.5. The molecule has 0 unspecified atom stereocenters. The number of nitriles is 1. The van der Waals surface area contributed by atoms with Gasteiger partial charge < -0.3 is 15.0 Å². The molecule has 1 aromatic rings. The molecule has 1 saturated heterocycles. The number of hydrogen-bond acceptors (Lipinski definition) is 4. The van der Waals surface area contributed by atoms with Gasteiger partial charge in [-0.1, -0.05) is 17.7 Å². The minimum atomic E-state index is -0.125. The molecule has 2 amide bonds. The van der Waals surface area contributed by atoms with Gasteiger partial charge in [-0.2, -0.15) is 5.26 Å². The third kappa shape index (κ3) is 6.46. The topological polar surface area (TPSA) is 82.4 Å². The zero-order valence-electron chi connectivity index (χ0n) is 14.7. The maximum Gasteiger partial charge on any atom is 0.236 e. The molecule has 25 heavy (non-hydrogen) atoms. The van der Waals surface area contributed by atoms with E-state index >= 15 is 0 Å². The zero-order valence-corrected chi connectivity index (χ0v) is 14.7. The summed E-state index contributed by atoms with van der Waals surface area (Å²) in [5.41, 5.74) is 1.19. The molecule has 0 bridgehead atoms. The molecule has 0 spiro atoms. The number of ether oxygens (including phenoxy) is 1. The summed E-state index contributed by atoms with van der Waals surface area (Å²) in [6, 6.07) is 9.83. The van der Waals surface area contributed by atoms with E-state index in [4.69, 9.17) is 10.00 Å². The van der Waals surface area contributed by atoms with Crippen LogP contribution in [0.5, 0.6) is 5.75 Å². The van der Waals surface area contributed by atoms with E-state index in [2.05, 4.69) is 5.32 Å². The van der Waals surface area contributed by atoms with Crippen LogP contribution in [0.4, 0.5) is 0 Å². The van der Waals surface area contributed by atoms with Gasteiger partial charge in [-0.05, 0) is 38.3 Å². The second-order valence-corrected chi connectivity index (χ2v) is 6.32. The number of nitrogens with one attached hydrogen (secondary N) is 1. The Kier molecular flexibility index (Phi) is 7.27. The van der Waals surface area contributed by atoms with Crippen LogP contribution in [0.15, 0.2) is 24.3 Å². The minimum Gasteiger partial charge on any atom is -0.494 e. The van der Waals surface area contributed by atoms with Crippen LogP contribution in [0, 0.1) is 18.3 Å². The Labute approximate surface area is 148 Å². The fourth-order valence-electron chi connectivity index (χ4n) is 2.81. The Hall–Kier alpha value is -2.55. The Morgan fingerprint density at radius 2 is 1.96 bits per heavy atom. The Balaban J connectivity index is 1.59. The summed E-state index contributed by atoms with van der Waals surface area (Å²) >= 11 is 0. The minimum absolute atomic E-state index is 0.0225. The lowest BCUT2D eigenvalue weighted by atomic mass is 10.0. The number of likely N-dealkylation sites (tertiary alicyclic amines) is 1. The molecule has 1 N–H and O–H groups in total. The normalized spacial score (nSPS) is 14.6. The smallest absolute Gasteiger partial charge is 0.236 e. The van der Waals surface area contributed by atoms with Crippen LogP contribution < -0.4 is 10.1 Å². The molecule has 6 nitrogen and oxygen atoms in total. The van der Waals surface area contributed by atoms with Crippen molar-refractivity contribution >= 4 is 11.8 Å². The molecule has 1 aliphatic heterocycles. The number of nitrogens with zero attached hydrogens (tertiary/aromatic N) is 2. The first kappa shape index (κ1) is 18.8. The molecule has 0 saturated carbocycles. The van der Waals surface area contributed by atoms with Crippen molar-refractivity contribution in [3.05, 3.63) is 29.8 Å². The van der Waals surface area contributed by atoms with Crippen molar-refractivity contribution in [2.45, 2.75) is 45.1 Å². The Bertz CT molecular complexity index is 614. The van der Waals surface area contributed by atoms with E-state index < -0.39 is 0 Å². The highest BCUT2D eigenvalue weighted by molar-refractivity contribution is 5.78. The van der Waals surface area contributed by atoms with Gasteiger partial charge in [0.05, 0.1) is 12.7 Å². The standard InChI is InChI=1S/C19H25N3O3/c1-15-4-6-17(7-5-15)25-14-2-3-18(23)21-16-9-12-22(13-10-16)19(24)8-11-20/h4-7,16H,2-3,8-10,12-14H2,1H3,(H,21,23). The van der Waals surface area contributed by atoms with Crippen LogP contribution in [0.25, 0.3) is 0 Å². The van der Waals surface area contributed by atoms with Crippen molar-refractivity contribution in [2.75, 3.05) is 19.7 Å². The lowest BCUT2D eigenvalue weighted by Crippen LogP contribution is -2.46. The fourth-order valence-corrected chi connectivity index (χ4v) is 2.81. The number of aryl methyl sites for hydroxylation is 1. The summed E-state index contributed by atoms with van der Waals surface area (Å²) in [5, 5.41) is 11.6. The third-order valence-electron chi connectivity index (χ3n) is 4.28. The summed E-state index contributed by atoms with van der Waals surface area (Å²) in [7, 11) is 0. The van der Waals surface area contributed by atoms with Gasteiger partial charge in [0, 0.05) is 25.6 Å². The van der Waals surface area contributed by atoms with Crippen LogP contribution in [-0.4, -0.2) is 42.5 Å². The van der Waals surface area contributed by atoms with E-state index in [1.807, 2.05) is 37.3 Å². The first-order chi connectivity index (χ1) is 12.1. The molecule has 134 valence electrons. The molecule has 0 radical (unpaired) electrons. The lowest BCUT2D eigenvalue weighted by molar-refractivity contribution is -0.131. The first-order valence-corrected chi connectivity index (χ1v) is 8.72. The van der Waals surface area contributed by atoms with Crippen molar-refractivity contribution in [3.8, 4) is 11.8 Å². The number of hydrogen-bond donors (Lipinski definition) is 1. The van der Waals surface area contributed by atoms with Crippen LogP contribution in [0.3, 0.4) is 0 Å². The quantitative estimate of drug-likeness (QED) is 0.769. The van der Waals surface area contributed by atoms with Gasteiger partial charge in [-0.3, -0.25) is 9.59 Å². The van der Waals surface area contributed by atoms with Crippen molar-refractivity contribution in [3.63, 3.8) is 0 Å². The summed E-state index contributed by atoms with van der Waals surface area (Å²) in [5.74, 6) is 0.718. The van der Waals surface area contributed by atoms with E-state index in [0.717, 1.165) is 18.6 Å². The van der Waals surface area contributed by atoms with E-state index in [0.29, 0.717) is 32.5 Å². The largest absolute Gasteiger partial charge is 0.494 e. The van der Waals surface area contributed by atoms with Gasteiger partial charge in [0.15, 0.2) is 0 Å². The lowest BCUT2D eigenvalue weighted by Gasteiger charge is -2.32. The number of carbonyl (C=O) groups excluding carboxylic acids is 2. The van der Waals surface area contributed by atoms with Crippen molar-refractivity contribution in [1.82, 2.24) is 10.2 Å². The molecule has 1 aromatic carbocycles. The monoisotopic (exact) mass is 343 g/mol. The first-order valence-electron chi connectivity index (χ1n) is 8.72. The van der Waals surface area contributed by atoms with E-state index in [9.17, 15) is 9.59 Å². The number of carbonyl (C=O) groups is 2. The van der Waals surface area contributed by atoms with E-state index in [1.165, 1.54) is 5.56 Å². The average Bonchev–Trinajstić information content (AvgIpc) is 2.61. The summed E-state index contributed by atoms with van der Waals surface area (Å²) < 4.78 is 5.61. The Morgan fingerprint density at radius 3 is 2.60 bits per heavy atom. The maximum absolute atomic E-state index is 12.0. The second-order valence-electron chi connectivity index (χ2n) is 6.32. The van der Waals surface area contributed by atoms with Gasteiger partial charge in [-0.15, -0.1) is 0 Å². The SMILES string of the molecule is Cc1ccc(OCCCC(=O)NC2CCN(C(=O)CC#N)CC2)cc1. The third-order valence-corrected chi connectivity index (χ3v) is 4.28. The predicted octanol–water partition coefficient (Wildman–Crippen LogP) is 2.17. The predicted molar refractivity (Wildman–Crippen MR) is 93.9 cm³/mol. The number of piperidine rings is 1. The summed E-state index contributed by atoms with van der Waals surface area (Å²) in [4.78, 5) is 25.3. The van der Waals surface area contributed by atoms with Crippen molar-refractivity contribution in [2.24, 2.45) is 0 Å². The molecule has 0 aromatic heterocycles. The van der Waals surface area contributed by atoms with Crippen LogP contribution >= 0.6 is 0 Å². The van der Waals surface area contributed by atoms with Crippen molar-refractivity contribution in [1.29, 1.82) is 5.26 Å². The van der Waals surface area contributed by atoms with Gasteiger partial charge in [-0.25, -0.2) is 0 Å². The molecule has 2 rings (SSSR count). The fraction of sp³-hybridized carbons (Fsp3) is 0.526. The molecular weight excluding hydrogens is 318 g/mol. The average molecular weight is 343 g/mol. The number of benzene rings is 1. The maximum atomic E-state index is 12.0. The van der Waals surface area contributed by atoms with Gasteiger partial charge >= 0.3 is 0 Å². The highest BCUT2D eigenvalue weighted by Crippen LogP contribution is 2.13. The van der Waals surface area contributed by atoms with Crippen molar-refractivity contribution < 1.29 is 14.3 Å². The van der Waals surface area contributed by atoms with Gasteiger partial charge in [0.1, 0.15) is 12.2 Å². The van der Waals surface area contributed by atoms with Crippen LogP contribution in [0.1, 0.15) is 37.7 Å². The number of amides is 2. The molecule has 1 fully saturated rings. The molecular formula is C19H25N3O3. The summed E-state index contributed by atoms with van der Waals surface area (Å²) in [6.07, 6.45) is 2.50. The number of rotatable bonds is 7. The van der Waals surface area contributed by atoms with Crippen LogP contribution in [-0.2, 0) is 9.59 Å². The Morgan fingerprint density at radius 1 is 1.28 bits per heavy atom. The molecule has 1 heterocycles. The van der Waals surface area contributed by atoms with E-state index in [1.54, 1.807) is 4.90 Å². The highest BCUT2D eigenvalue weighted by Gasteiger charge is 2.23. The molecule has 1 aliphatic rings. The summed E-state index contributed by atoms with van der Waals surface area (Å²) in [6.45, 7) is 3.74. The van der Waals surface area contributed by atoms with Gasteiger partial charge in [0.25, 0.3) is 0 Å². The molecule has 0 aliphatic carbocycles. The van der Waals surface area contributed by atoms with Crippen LogP contribution in [0.2, 0.25) is 0 Å². The zero-order chi connectivity index (χ0) is 18.1. The van der Waals surface area contributed by atoms with E-state index in [-0.39, 0.29) is 24.3 Å².